The lowest BCUT2D eigenvalue weighted by atomic mass is 9.93. The number of hydrogen-bond acceptors (Lipinski definition) is 6. The van der Waals surface area contributed by atoms with Crippen LogP contribution in [0, 0.1) is 11.7 Å². The zero-order valence-electron chi connectivity index (χ0n) is 15.9. The summed E-state index contributed by atoms with van der Waals surface area (Å²) >= 11 is 0. The fraction of sp³-hybridized carbons (Fsp3) is 0.450. The number of rotatable bonds is 3. The Bertz CT molecular complexity index is 952. The summed E-state index contributed by atoms with van der Waals surface area (Å²) in [7, 11) is 0. The van der Waals surface area contributed by atoms with Gasteiger partial charge in [0.05, 0.1) is 16.8 Å². The Morgan fingerprint density at radius 2 is 1.66 bits per heavy atom. The predicted octanol–water partition coefficient (Wildman–Crippen LogP) is 1.03. The third-order valence-electron chi connectivity index (χ3n) is 5.92. The number of nitrogens with zero attached hydrogens (tertiary/aromatic N) is 2. The normalized spacial score (nSPS) is 22.8. The second-order valence-electron chi connectivity index (χ2n) is 7.67. The number of piperidine rings is 2. The lowest BCUT2D eigenvalue weighted by Gasteiger charge is -2.33. The average molecular weight is 401 g/mol. The van der Waals surface area contributed by atoms with Gasteiger partial charge in [0, 0.05) is 25.4 Å². The molecule has 9 heteroatoms. The lowest BCUT2D eigenvalue weighted by molar-refractivity contribution is -0.136. The molecule has 1 N–H and O–H groups in total. The van der Waals surface area contributed by atoms with Crippen LogP contribution in [0.25, 0.3) is 0 Å². The molecule has 3 heterocycles. The van der Waals surface area contributed by atoms with E-state index >= 15 is 0 Å². The Kier molecular flexibility index (Phi) is 4.68. The minimum Gasteiger partial charge on any atom is -0.369 e. The maximum Gasteiger partial charge on any atom is 0.262 e. The van der Waals surface area contributed by atoms with E-state index in [2.05, 4.69) is 5.32 Å². The van der Waals surface area contributed by atoms with Crippen LogP contribution >= 0.6 is 0 Å². The van der Waals surface area contributed by atoms with Crippen LogP contribution in [0.2, 0.25) is 0 Å². The van der Waals surface area contributed by atoms with Crippen molar-refractivity contribution in [1.29, 1.82) is 0 Å². The minimum atomic E-state index is -1.09. The van der Waals surface area contributed by atoms with Gasteiger partial charge in [-0.05, 0) is 38.3 Å². The molecule has 1 aromatic carbocycles. The van der Waals surface area contributed by atoms with Gasteiger partial charge in [0.15, 0.2) is 0 Å². The molecule has 0 aliphatic carbocycles. The van der Waals surface area contributed by atoms with Gasteiger partial charge >= 0.3 is 0 Å². The number of anilines is 1. The van der Waals surface area contributed by atoms with E-state index in [0.29, 0.717) is 25.9 Å². The highest BCUT2D eigenvalue weighted by atomic mass is 19.1. The van der Waals surface area contributed by atoms with Crippen molar-refractivity contribution in [3.05, 3.63) is 29.1 Å². The molecule has 0 radical (unpaired) electrons. The second kappa shape index (κ2) is 7.06. The van der Waals surface area contributed by atoms with Crippen LogP contribution in [0.5, 0.6) is 0 Å². The Labute approximate surface area is 166 Å². The van der Waals surface area contributed by atoms with Crippen LogP contribution < -0.4 is 10.2 Å². The topological polar surface area (TPSA) is 104 Å². The van der Waals surface area contributed by atoms with Crippen molar-refractivity contribution in [2.45, 2.75) is 38.6 Å². The molecule has 2 fully saturated rings. The van der Waals surface area contributed by atoms with Crippen molar-refractivity contribution < 1.29 is 28.4 Å². The van der Waals surface area contributed by atoms with Gasteiger partial charge in [-0.2, -0.15) is 0 Å². The zero-order chi connectivity index (χ0) is 20.9. The first-order chi connectivity index (χ1) is 13.8. The number of carbonyl (C=O) groups excluding carboxylic acids is 5. The highest BCUT2D eigenvalue weighted by Crippen LogP contribution is 2.34. The summed E-state index contributed by atoms with van der Waals surface area (Å²) in [6.07, 6.45) is 1.26. The molecule has 1 aromatic rings. The first kappa shape index (κ1) is 19.2. The van der Waals surface area contributed by atoms with Gasteiger partial charge < -0.3 is 4.90 Å². The van der Waals surface area contributed by atoms with E-state index in [1.54, 1.807) is 11.8 Å². The number of carbonyl (C=O) groups is 5. The van der Waals surface area contributed by atoms with Gasteiger partial charge in [0.1, 0.15) is 17.6 Å². The highest BCUT2D eigenvalue weighted by Gasteiger charge is 2.45. The number of Topliss-reactive ketones (excluding diaryl/α,β-unsaturated/α-hetero) is 1. The number of imide groups is 2. The van der Waals surface area contributed by atoms with E-state index in [-0.39, 0.29) is 41.4 Å². The number of fused-ring (bicyclic) bond motifs is 1. The number of ketones is 1. The molecule has 0 aromatic heterocycles. The Morgan fingerprint density at radius 3 is 2.24 bits per heavy atom. The van der Waals surface area contributed by atoms with E-state index in [1.807, 2.05) is 0 Å². The first-order valence-corrected chi connectivity index (χ1v) is 9.58. The van der Waals surface area contributed by atoms with Gasteiger partial charge in [0.25, 0.3) is 11.8 Å². The molecule has 29 heavy (non-hydrogen) atoms. The summed E-state index contributed by atoms with van der Waals surface area (Å²) in [4.78, 5) is 63.2. The van der Waals surface area contributed by atoms with E-state index in [0.717, 1.165) is 11.0 Å². The number of amides is 4. The van der Waals surface area contributed by atoms with Crippen LogP contribution in [-0.4, -0.2) is 53.4 Å². The number of hydrogen-bond donors (Lipinski definition) is 1. The van der Waals surface area contributed by atoms with Gasteiger partial charge in [-0.3, -0.25) is 34.2 Å². The molecule has 0 bridgehead atoms. The Hall–Kier alpha value is -3.10. The fourth-order valence-electron chi connectivity index (χ4n) is 4.25. The van der Waals surface area contributed by atoms with Crippen LogP contribution in [0.1, 0.15) is 53.3 Å². The molecule has 1 unspecified atom stereocenters. The predicted molar refractivity (Wildman–Crippen MR) is 98.7 cm³/mol. The van der Waals surface area contributed by atoms with E-state index in [4.69, 9.17) is 0 Å². The highest BCUT2D eigenvalue weighted by molar-refractivity contribution is 6.23. The van der Waals surface area contributed by atoms with Crippen molar-refractivity contribution in [2.75, 3.05) is 18.0 Å². The average Bonchev–Trinajstić information content (AvgIpc) is 2.91. The maximum atomic E-state index is 14.8. The summed E-state index contributed by atoms with van der Waals surface area (Å²) in [5.74, 6) is -3.13. The van der Waals surface area contributed by atoms with Crippen LogP contribution in [0.4, 0.5) is 10.1 Å². The first-order valence-electron chi connectivity index (χ1n) is 9.58. The maximum absolute atomic E-state index is 14.8. The Morgan fingerprint density at radius 1 is 1.03 bits per heavy atom. The third kappa shape index (κ3) is 3.20. The largest absolute Gasteiger partial charge is 0.369 e. The molecule has 2 saturated heterocycles. The second-order valence-corrected chi connectivity index (χ2v) is 7.67. The smallest absolute Gasteiger partial charge is 0.262 e. The zero-order valence-corrected chi connectivity index (χ0v) is 15.9. The molecule has 4 amide bonds. The lowest BCUT2D eigenvalue weighted by Crippen LogP contribution is -2.54. The fourth-order valence-corrected chi connectivity index (χ4v) is 4.25. The molecule has 4 rings (SSSR count). The van der Waals surface area contributed by atoms with Crippen molar-refractivity contribution >= 4 is 35.1 Å². The van der Waals surface area contributed by atoms with Crippen molar-refractivity contribution in [2.24, 2.45) is 5.92 Å². The molecule has 0 saturated carbocycles. The van der Waals surface area contributed by atoms with Gasteiger partial charge in [-0.25, -0.2) is 4.39 Å². The van der Waals surface area contributed by atoms with Crippen LogP contribution in [0.3, 0.4) is 0 Å². The number of halogens is 1. The molecular formula is C20H20FN3O5. The van der Waals surface area contributed by atoms with Crippen molar-refractivity contribution in [3.63, 3.8) is 0 Å². The molecule has 8 nitrogen and oxygen atoms in total. The molecular weight excluding hydrogens is 381 g/mol. The van der Waals surface area contributed by atoms with Gasteiger partial charge in [-0.1, -0.05) is 0 Å². The molecule has 1 atom stereocenters. The summed E-state index contributed by atoms with van der Waals surface area (Å²) in [6, 6.07) is 1.30. The van der Waals surface area contributed by atoms with Gasteiger partial charge in [0.2, 0.25) is 11.8 Å². The summed E-state index contributed by atoms with van der Waals surface area (Å²) < 4.78 is 14.8. The molecule has 152 valence electrons. The minimum absolute atomic E-state index is 0.0223. The van der Waals surface area contributed by atoms with Crippen molar-refractivity contribution in [3.8, 4) is 0 Å². The SMILES string of the molecule is CC(=O)C1CCN(c2cc3c(cc2F)C(=O)N(C2CCC(=O)NC2=O)C3=O)CC1. The Balaban J connectivity index is 1.61. The number of benzene rings is 1. The van der Waals surface area contributed by atoms with E-state index in [9.17, 15) is 28.4 Å². The summed E-state index contributed by atoms with van der Waals surface area (Å²) in [5.41, 5.74) is 0.168. The standard InChI is InChI=1S/C20H20FN3O5/c1-10(25)11-4-6-23(7-5-11)16-9-13-12(8-14(16)21)19(28)24(20(13)29)15-2-3-17(26)22-18(15)27/h8-9,11,15H,2-7H2,1H3,(H,22,26,27). The monoisotopic (exact) mass is 401 g/mol. The summed E-state index contributed by atoms with van der Waals surface area (Å²) in [5, 5.41) is 2.13. The van der Waals surface area contributed by atoms with Crippen LogP contribution in [-0.2, 0) is 14.4 Å². The number of nitrogens with one attached hydrogen (secondary N) is 1. The molecule has 0 spiro atoms. The summed E-state index contributed by atoms with van der Waals surface area (Å²) in [6.45, 7) is 2.49. The van der Waals surface area contributed by atoms with Gasteiger partial charge in [-0.15, -0.1) is 0 Å². The molecule has 3 aliphatic rings. The molecule has 3 aliphatic heterocycles. The van der Waals surface area contributed by atoms with Crippen LogP contribution in [0.15, 0.2) is 12.1 Å². The van der Waals surface area contributed by atoms with Crippen molar-refractivity contribution in [1.82, 2.24) is 10.2 Å². The van der Waals surface area contributed by atoms with E-state index in [1.165, 1.54) is 6.07 Å². The van der Waals surface area contributed by atoms with E-state index < -0.39 is 35.5 Å². The quantitative estimate of drug-likeness (QED) is 0.759. The third-order valence-corrected chi connectivity index (χ3v) is 5.92.